The largest absolute Gasteiger partial charge is 0.376 e. The van der Waals surface area contributed by atoms with Gasteiger partial charge in [0.25, 0.3) is 0 Å². The van der Waals surface area contributed by atoms with Crippen molar-refractivity contribution in [3.8, 4) is 11.4 Å². The lowest BCUT2D eigenvalue weighted by molar-refractivity contribution is 0.111. The first kappa shape index (κ1) is 11.6. The van der Waals surface area contributed by atoms with Crippen LogP contribution in [-0.2, 0) is 24.8 Å². The molecule has 0 N–H and O–H groups in total. The van der Waals surface area contributed by atoms with Gasteiger partial charge in [-0.05, 0) is 29.7 Å². The minimum atomic E-state index is 0.703. The summed E-state index contributed by atoms with van der Waals surface area (Å²) >= 11 is 0. The molecule has 0 saturated carbocycles. The Bertz CT molecular complexity index is 792. The molecule has 0 amide bonds. The number of hydrogen-bond donors (Lipinski definition) is 0. The van der Waals surface area contributed by atoms with Crippen LogP contribution in [-0.4, -0.2) is 21.1 Å². The van der Waals surface area contributed by atoms with E-state index in [2.05, 4.69) is 27.8 Å². The predicted octanol–water partition coefficient (Wildman–Crippen LogP) is 2.71. The van der Waals surface area contributed by atoms with Crippen molar-refractivity contribution in [3.05, 3.63) is 47.8 Å². The highest BCUT2D eigenvalue weighted by atomic mass is 16.5. The molecule has 0 unspecified atom stereocenters. The van der Waals surface area contributed by atoms with E-state index in [0.717, 1.165) is 35.4 Å². The van der Waals surface area contributed by atoms with Crippen molar-refractivity contribution in [2.24, 2.45) is 7.05 Å². The molecule has 0 spiro atoms. The number of imidazole rings is 1. The van der Waals surface area contributed by atoms with Gasteiger partial charge in [-0.25, -0.2) is 4.98 Å². The number of nitrogens with zero attached hydrogens (tertiary/aromatic N) is 3. The van der Waals surface area contributed by atoms with E-state index < -0.39 is 0 Å². The summed E-state index contributed by atoms with van der Waals surface area (Å²) in [6.45, 7) is 1.53. The first-order valence-electron chi connectivity index (χ1n) is 6.79. The summed E-state index contributed by atoms with van der Waals surface area (Å²) in [5, 5.41) is 0. The summed E-state index contributed by atoms with van der Waals surface area (Å²) < 4.78 is 7.63. The fourth-order valence-electron chi connectivity index (χ4n) is 2.80. The van der Waals surface area contributed by atoms with Crippen LogP contribution in [0.15, 0.2) is 36.7 Å². The van der Waals surface area contributed by atoms with Gasteiger partial charge in [0, 0.05) is 18.8 Å². The molecule has 0 saturated heterocycles. The van der Waals surface area contributed by atoms with Gasteiger partial charge in [-0.3, -0.25) is 4.98 Å². The molecule has 100 valence electrons. The zero-order valence-electron chi connectivity index (χ0n) is 11.3. The third-order valence-corrected chi connectivity index (χ3v) is 3.92. The maximum atomic E-state index is 5.54. The molecule has 2 aromatic heterocycles. The number of benzene rings is 1. The van der Waals surface area contributed by atoms with Gasteiger partial charge in [-0.15, -0.1) is 0 Å². The van der Waals surface area contributed by atoms with Gasteiger partial charge in [0.05, 0.1) is 30.4 Å². The Kier molecular flexibility index (Phi) is 2.57. The van der Waals surface area contributed by atoms with E-state index in [9.17, 15) is 0 Å². The molecule has 0 fully saturated rings. The predicted molar refractivity (Wildman–Crippen MR) is 77.3 cm³/mol. The number of ether oxygens (including phenoxy) is 1. The Morgan fingerprint density at radius 2 is 2.15 bits per heavy atom. The maximum Gasteiger partial charge on any atom is 0.140 e. The Morgan fingerprint density at radius 3 is 3.05 bits per heavy atom. The molecular formula is C16H15N3O. The molecule has 1 aromatic carbocycles. The Labute approximate surface area is 117 Å². The molecule has 0 atom stereocenters. The van der Waals surface area contributed by atoms with Crippen molar-refractivity contribution >= 4 is 11.0 Å². The van der Waals surface area contributed by atoms with Crippen molar-refractivity contribution in [2.75, 3.05) is 6.61 Å². The molecule has 1 aliphatic heterocycles. The van der Waals surface area contributed by atoms with Gasteiger partial charge in [-0.1, -0.05) is 12.1 Å². The molecule has 0 radical (unpaired) electrons. The van der Waals surface area contributed by atoms with Gasteiger partial charge in [0.1, 0.15) is 5.82 Å². The first-order chi connectivity index (χ1) is 9.83. The van der Waals surface area contributed by atoms with Crippen LogP contribution in [0.3, 0.4) is 0 Å². The average molecular weight is 265 g/mol. The monoisotopic (exact) mass is 265 g/mol. The smallest absolute Gasteiger partial charge is 0.140 e. The molecule has 3 aromatic rings. The van der Waals surface area contributed by atoms with E-state index in [1.807, 2.05) is 19.3 Å². The van der Waals surface area contributed by atoms with Crippen LogP contribution >= 0.6 is 0 Å². The Morgan fingerprint density at radius 1 is 1.20 bits per heavy atom. The normalized spacial score (nSPS) is 14.4. The average Bonchev–Trinajstić information content (AvgIpc) is 2.84. The van der Waals surface area contributed by atoms with E-state index in [4.69, 9.17) is 9.72 Å². The summed E-state index contributed by atoms with van der Waals surface area (Å²) in [6.07, 6.45) is 4.63. The maximum absolute atomic E-state index is 5.54. The van der Waals surface area contributed by atoms with Crippen LogP contribution in [0.5, 0.6) is 0 Å². The summed E-state index contributed by atoms with van der Waals surface area (Å²) in [7, 11) is 2.03. The molecule has 20 heavy (non-hydrogen) atoms. The third-order valence-electron chi connectivity index (χ3n) is 3.92. The van der Waals surface area contributed by atoms with Crippen molar-refractivity contribution < 1.29 is 4.74 Å². The van der Waals surface area contributed by atoms with E-state index >= 15 is 0 Å². The van der Waals surface area contributed by atoms with Crippen LogP contribution in [0, 0.1) is 0 Å². The summed E-state index contributed by atoms with van der Waals surface area (Å²) in [5.74, 6) is 0.973. The summed E-state index contributed by atoms with van der Waals surface area (Å²) in [4.78, 5) is 8.88. The van der Waals surface area contributed by atoms with Crippen molar-refractivity contribution in [1.29, 1.82) is 0 Å². The second-order valence-electron chi connectivity index (χ2n) is 5.14. The molecule has 0 bridgehead atoms. The summed E-state index contributed by atoms with van der Waals surface area (Å²) in [5.41, 5.74) is 5.83. The van der Waals surface area contributed by atoms with E-state index in [0.29, 0.717) is 6.61 Å². The number of hydrogen-bond acceptors (Lipinski definition) is 3. The van der Waals surface area contributed by atoms with E-state index in [1.54, 1.807) is 6.20 Å². The minimum Gasteiger partial charge on any atom is -0.376 e. The third kappa shape index (κ3) is 1.72. The molecule has 0 aliphatic carbocycles. The van der Waals surface area contributed by atoms with Crippen LogP contribution < -0.4 is 0 Å². The molecule has 1 aliphatic rings. The van der Waals surface area contributed by atoms with Gasteiger partial charge in [0.2, 0.25) is 0 Å². The van der Waals surface area contributed by atoms with E-state index in [-0.39, 0.29) is 0 Å². The molecule has 4 nitrogen and oxygen atoms in total. The number of aryl methyl sites for hydroxylation is 1. The zero-order chi connectivity index (χ0) is 13.5. The second-order valence-corrected chi connectivity index (χ2v) is 5.14. The number of pyridine rings is 1. The molecule has 4 rings (SSSR count). The van der Waals surface area contributed by atoms with Crippen molar-refractivity contribution in [2.45, 2.75) is 13.0 Å². The second kappa shape index (κ2) is 4.42. The van der Waals surface area contributed by atoms with Crippen molar-refractivity contribution in [1.82, 2.24) is 14.5 Å². The zero-order valence-corrected chi connectivity index (χ0v) is 11.3. The number of aromatic nitrogens is 3. The van der Waals surface area contributed by atoms with Crippen LogP contribution in [0.4, 0.5) is 0 Å². The quantitative estimate of drug-likeness (QED) is 0.679. The van der Waals surface area contributed by atoms with Crippen LogP contribution in [0.1, 0.15) is 11.1 Å². The molecule has 4 heteroatoms. The topological polar surface area (TPSA) is 39.9 Å². The first-order valence-corrected chi connectivity index (χ1v) is 6.79. The minimum absolute atomic E-state index is 0.703. The highest BCUT2D eigenvalue weighted by molar-refractivity contribution is 5.79. The highest BCUT2D eigenvalue weighted by Gasteiger charge is 2.14. The standard InChI is InChI=1S/C16H15N3O/c1-19-15-9-17-6-4-14(15)18-16(19)12-3-2-11-5-7-20-10-13(11)8-12/h2-4,6,8-9H,5,7,10H2,1H3. The lowest BCUT2D eigenvalue weighted by atomic mass is 10.0. The summed E-state index contributed by atoms with van der Waals surface area (Å²) in [6, 6.07) is 8.49. The lowest BCUT2D eigenvalue weighted by Gasteiger charge is -2.17. The van der Waals surface area contributed by atoms with Gasteiger partial charge < -0.3 is 9.30 Å². The van der Waals surface area contributed by atoms with Crippen molar-refractivity contribution in [3.63, 3.8) is 0 Å². The van der Waals surface area contributed by atoms with Gasteiger partial charge >= 0.3 is 0 Å². The molecular weight excluding hydrogens is 250 g/mol. The highest BCUT2D eigenvalue weighted by Crippen LogP contribution is 2.27. The van der Waals surface area contributed by atoms with Gasteiger partial charge in [-0.2, -0.15) is 0 Å². The lowest BCUT2D eigenvalue weighted by Crippen LogP contribution is -2.09. The van der Waals surface area contributed by atoms with Crippen LogP contribution in [0.2, 0.25) is 0 Å². The van der Waals surface area contributed by atoms with Gasteiger partial charge in [0.15, 0.2) is 0 Å². The van der Waals surface area contributed by atoms with Crippen LogP contribution in [0.25, 0.3) is 22.4 Å². The Hall–Kier alpha value is -2.20. The van der Waals surface area contributed by atoms with E-state index in [1.165, 1.54) is 11.1 Å². The Balaban J connectivity index is 1.88. The fourth-order valence-corrected chi connectivity index (χ4v) is 2.80. The number of fused-ring (bicyclic) bond motifs is 2. The molecule has 3 heterocycles. The SMILES string of the molecule is Cn1c(-c2ccc3c(c2)COCC3)nc2ccncc21. The fraction of sp³-hybridized carbons (Fsp3) is 0.250. The number of rotatable bonds is 1.